The molecule has 0 radical (unpaired) electrons. The van der Waals surface area contributed by atoms with Crippen molar-refractivity contribution in [1.82, 2.24) is 0 Å². The molecular formula is C17H15ClN2O2S. The topological polar surface area (TPSA) is 61.7 Å². The Morgan fingerprint density at radius 1 is 1.30 bits per heavy atom. The average Bonchev–Trinajstić information content (AvgIpc) is 2.55. The Hall–Kier alpha value is -1.98. The lowest BCUT2D eigenvalue weighted by molar-refractivity contribution is -0.136. The van der Waals surface area contributed by atoms with E-state index in [1.807, 2.05) is 48.5 Å². The van der Waals surface area contributed by atoms with Crippen LogP contribution < -0.4 is 5.32 Å². The Morgan fingerprint density at radius 3 is 2.74 bits per heavy atom. The fourth-order valence-electron chi connectivity index (χ4n) is 2.38. The zero-order chi connectivity index (χ0) is 16.4. The number of carboxylic acid groups (broad SMARTS) is 1. The largest absolute Gasteiger partial charge is 0.480 e. The number of aliphatic carboxylic acids is 1. The van der Waals surface area contributed by atoms with Gasteiger partial charge in [0.2, 0.25) is 0 Å². The number of carbonyl (C=O) groups is 1. The molecule has 2 atom stereocenters. The molecule has 6 heteroatoms. The van der Waals surface area contributed by atoms with Gasteiger partial charge in [0.25, 0.3) is 0 Å². The summed E-state index contributed by atoms with van der Waals surface area (Å²) < 4.78 is 0. The summed E-state index contributed by atoms with van der Waals surface area (Å²) in [6.45, 7) is 1.64. The van der Waals surface area contributed by atoms with Crippen LogP contribution in [-0.2, 0) is 4.79 Å². The summed E-state index contributed by atoms with van der Waals surface area (Å²) in [6.07, 6.45) is 0. The van der Waals surface area contributed by atoms with E-state index in [1.54, 1.807) is 6.92 Å². The maximum atomic E-state index is 11.1. The zero-order valence-electron chi connectivity index (χ0n) is 12.4. The van der Waals surface area contributed by atoms with Crippen molar-refractivity contribution in [3.8, 4) is 0 Å². The second kappa shape index (κ2) is 6.64. The van der Waals surface area contributed by atoms with Gasteiger partial charge in [0.1, 0.15) is 11.3 Å². The number of nitrogens with one attached hydrogen (secondary N) is 1. The van der Waals surface area contributed by atoms with E-state index in [-0.39, 0.29) is 6.04 Å². The molecule has 2 N–H and O–H groups in total. The number of halogens is 1. The van der Waals surface area contributed by atoms with E-state index in [2.05, 4.69) is 5.32 Å². The quantitative estimate of drug-likeness (QED) is 0.863. The molecule has 0 fully saturated rings. The van der Waals surface area contributed by atoms with Crippen LogP contribution in [0.4, 0.5) is 5.69 Å². The molecule has 1 heterocycles. The van der Waals surface area contributed by atoms with E-state index < -0.39 is 11.2 Å². The van der Waals surface area contributed by atoms with E-state index in [0.29, 0.717) is 10.2 Å². The first-order valence-corrected chi connectivity index (χ1v) is 8.39. The first-order valence-electron chi connectivity index (χ1n) is 7.13. The SMILES string of the molecule is CC(SC1=NC(c2ccccc2)c2cc(Cl)ccc2N1)C(=O)O. The Morgan fingerprint density at radius 2 is 2.04 bits per heavy atom. The van der Waals surface area contributed by atoms with Crippen molar-refractivity contribution < 1.29 is 9.90 Å². The molecule has 0 bridgehead atoms. The highest BCUT2D eigenvalue weighted by atomic mass is 35.5. The average molecular weight is 347 g/mol. The van der Waals surface area contributed by atoms with Crippen molar-refractivity contribution in [3.63, 3.8) is 0 Å². The molecule has 0 saturated carbocycles. The van der Waals surface area contributed by atoms with E-state index in [4.69, 9.17) is 21.7 Å². The molecule has 0 spiro atoms. The van der Waals surface area contributed by atoms with Crippen molar-refractivity contribution in [1.29, 1.82) is 0 Å². The summed E-state index contributed by atoms with van der Waals surface area (Å²) in [7, 11) is 0. The minimum atomic E-state index is -0.863. The van der Waals surface area contributed by atoms with Crippen LogP contribution in [0.2, 0.25) is 5.02 Å². The number of hydrogen-bond donors (Lipinski definition) is 2. The maximum Gasteiger partial charge on any atom is 0.316 e. The number of anilines is 1. The van der Waals surface area contributed by atoms with Gasteiger partial charge in [-0.3, -0.25) is 4.79 Å². The van der Waals surface area contributed by atoms with Gasteiger partial charge in [-0.2, -0.15) is 0 Å². The van der Waals surface area contributed by atoms with Gasteiger partial charge in [0, 0.05) is 16.3 Å². The number of rotatable bonds is 3. The van der Waals surface area contributed by atoms with E-state index >= 15 is 0 Å². The molecule has 2 aromatic rings. The van der Waals surface area contributed by atoms with Gasteiger partial charge in [-0.25, -0.2) is 4.99 Å². The number of nitrogens with zero attached hydrogens (tertiary/aromatic N) is 1. The van der Waals surface area contributed by atoms with Crippen LogP contribution in [0.1, 0.15) is 24.1 Å². The van der Waals surface area contributed by atoms with Crippen molar-refractivity contribution >= 4 is 40.2 Å². The van der Waals surface area contributed by atoms with Crippen LogP contribution in [0.5, 0.6) is 0 Å². The summed E-state index contributed by atoms with van der Waals surface area (Å²) in [6, 6.07) is 15.3. The summed E-state index contributed by atoms with van der Waals surface area (Å²) in [5.74, 6) is -0.863. The van der Waals surface area contributed by atoms with Crippen LogP contribution in [0.25, 0.3) is 0 Å². The highest BCUT2D eigenvalue weighted by Crippen LogP contribution is 2.38. The van der Waals surface area contributed by atoms with Gasteiger partial charge in [-0.15, -0.1) is 0 Å². The number of fused-ring (bicyclic) bond motifs is 1. The van der Waals surface area contributed by atoms with E-state index in [1.165, 1.54) is 11.8 Å². The lowest BCUT2D eigenvalue weighted by Gasteiger charge is -2.26. The van der Waals surface area contributed by atoms with Gasteiger partial charge < -0.3 is 10.4 Å². The fourth-order valence-corrected chi connectivity index (χ4v) is 3.33. The standard InChI is InChI=1S/C17H15ClN2O2S/c1-10(16(21)22)23-17-19-14-8-7-12(18)9-13(14)15(20-17)11-5-3-2-4-6-11/h2-10,15H,1H3,(H,19,20)(H,21,22). The third-order valence-electron chi connectivity index (χ3n) is 3.55. The minimum absolute atomic E-state index is 0.199. The highest BCUT2D eigenvalue weighted by Gasteiger charge is 2.25. The Kier molecular flexibility index (Phi) is 4.59. The van der Waals surface area contributed by atoms with Crippen molar-refractivity contribution in [3.05, 3.63) is 64.7 Å². The molecule has 2 unspecified atom stereocenters. The molecule has 2 aromatic carbocycles. The predicted octanol–water partition coefficient (Wildman–Crippen LogP) is 4.42. The lowest BCUT2D eigenvalue weighted by Crippen LogP contribution is -2.23. The maximum absolute atomic E-state index is 11.1. The number of aliphatic imine (C=N–C) groups is 1. The molecule has 4 nitrogen and oxygen atoms in total. The predicted molar refractivity (Wildman–Crippen MR) is 95.5 cm³/mol. The summed E-state index contributed by atoms with van der Waals surface area (Å²) in [4.78, 5) is 15.8. The highest BCUT2D eigenvalue weighted by molar-refractivity contribution is 8.15. The van der Waals surface area contributed by atoms with E-state index in [0.717, 1.165) is 16.8 Å². The summed E-state index contributed by atoms with van der Waals surface area (Å²) in [5.41, 5.74) is 2.92. The molecular weight excluding hydrogens is 332 g/mol. The van der Waals surface area contributed by atoms with Gasteiger partial charge in [-0.1, -0.05) is 53.7 Å². The summed E-state index contributed by atoms with van der Waals surface area (Å²) >= 11 is 7.33. The molecule has 1 aliphatic heterocycles. The van der Waals surface area contributed by atoms with Crippen molar-refractivity contribution in [2.24, 2.45) is 4.99 Å². The summed E-state index contributed by atoms with van der Waals surface area (Å²) in [5, 5.41) is 13.0. The molecule has 0 amide bonds. The van der Waals surface area contributed by atoms with Crippen LogP contribution in [0, 0.1) is 0 Å². The Labute approximate surface area is 143 Å². The third-order valence-corrected chi connectivity index (χ3v) is 4.77. The van der Waals surface area contributed by atoms with Gasteiger partial charge in [0.15, 0.2) is 5.17 Å². The Bertz CT molecular complexity index is 764. The molecule has 0 saturated heterocycles. The van der Waals surface area contributed by atoms with Gasteiger partial charge in [0.05, 0.1) is 0 Å². The molecule has 0 aliphatic carbocycles. The Balaban J connectivity index is 2.01. The van der Waals surface area contributed by atoms with Crippen LogP contribution in [-0.4, -0.2) is 21.5 Å². The number of benzene rings is 2. The smallest absolute Gasteiger partial charge is 0.316 e. The minimum Gasteiger partial charge on any atom is -0.480 e. The zero-order valence-corrected chi connectivity index (χ0v) is 13.9. The van der Waals surface area contributed by atoms with E-state index in [9.17, 15) is 4.79 Å². The second-order valence-electron chi connectivity index (χ2n) is 5.20. The third kappa shape index (κ3) is 3.51. The number of amidine groups is 1. The first kappa shape index (κ1) is 15.9. The molecule has 1 aliphatic rings. The fraction of sp³-hybridized carbons (Fsp3) is 0.176. The lowest BCUT2D eigenvalue weighted by atomic mass is 9.97. The first-order chi connectivity index (χ1) is 11.0. The molecule has 118 valence electrons. The molecule has 0 aromatic heterocycles. The molecule has 23 heavy (non-hydrogen) atoms. The van der Waals surface area contributed by atoms with Crippen LogP contribution in [0.3, 0.4) is 0 Å². The van der Waals surface area contributed by atoms with Gasteiger partial charge in [-0.05, 0) is 30.7 Å². The second-order valence-corrected chi connectivity index (χ2v) is 6.97. The van der Waals surface area contributed by atoms with Crippen LogP contribution >= 0.6 is 23.4 Å². The monoisotopic (exact) mass is 346 g/mol. The number of carboxylic acids is 1. The number of thioether (sulfide) groups is 1. The normalized spacial score (nSPS) is 17.7. The van der Waals surface area contributed by atoms with Crippen molar-refractivity contribution in [2.75, 3.05) is 5.32 Å². The number of hydrogen-bond acceptors (Lipinski definition) is 4. The van der Waals surface area contributed by atoms with Gasteiger partial charge >= 0.3 is 5.97 Å². The molecule has 3 rings (SSSR count). The van der Waals surface area contributed by atoms with Crippen molar-refractivity contribution in [2.45, 2.75) is 18.2 Å². The van der Waals surface area contributed by atoms with Crippen LogP contribution in [0.15, 0.2) is 53.5 Å².